The molecule has 0 N–H and O–H groups in total. The lowest BCUT2D eigenvalue weighted by molar-refractivity contribution is 0.0656. The number of pyridine rings is 1. The summed E-state index contributed by atoms with van der Waals surface area (Å²) in [5.74, 6) is 0.144. The third-order valence-electron chi connectivity index (χ3n) is 5.09. The van der Waals surface area contributed by atoms with Gasteiger partial charge in [0.2, 0.25) is 0 Å². The van der Waals surface area contributed by atoms with E-state index >= 15 is 0 Å². The maximum Gasteiger partial charge on any atom is 0.273 e. The monoisotopic (exact) mass is 280 g/mol. The van der Waals surface area contributed by atoms with Gasteiger partial charge in [-0.15, -0.1) is 0 Å². The van der Waals surface area contributed by atoms with E-state index < -0.39 is 0 Å². The van der Waals surface area contributed by atoms with Gasteiger partial charge in [0.15, 0.2) is 0 Å². The van der Waals surface area contributed by atoms with Gasteiger partial charge < -0.3 is 4.90 Å². The highest BCUT2D eigenvalue weighted by Crippen LogP contribution is 2.33. The van der Waals surface area contributed by atoms with Crippen LogP contribution in [0, 0.1) is 6.92 Å². The normalized spacial score (nSPS) is 19.3. The van der Waals surface area contributed by atoms with Gasteiger partial charge in [-0.3, -0.25) is 4.79 Å². The van der Waals surface area contributed by atoms with Gasteiger partial charge in [0, 0.05) is 23.5 Å². The number of hydrogen-bond acceptors (Lipinski definition) is 2. The van der Waals surface area contributed by atoms with E-state index in [1.54, 1.807) is 0 Å². The van der Waals surface area contributed by atoms with Crippen molar-refractivity contribution in [3.63, 3.8) is 0 Å². The Balaban J connectivity index is 1.78. The smallest absolute Gasteiger partial charge is 0.273 e. The number of carbonyl (C=O) groups excluding carboxylic acids is 1. The zero-order valence-corrected chi connectivity index (χ0v) is 12.4. The lowest BCUT2D eigenvalue weighted by Gasteiger charge is -2.30. The summed E-state index contributed by atoms with van der Waals surface area (Å²) in [6, 6.07) is 8.55. The number of carbonyl (C=O) groups is 1. The molecule has 0 unspecified atom stereocenters. The summed E-state index contributed by atoms with van der Waals surface area (Å²) in [6.07, 6.45) is 6.11. The summed E-state index contributed by atoms with van der Waals surface area (Å²) in [7, 11) is 0. The van der Waals surface area contributed by atoms with E-state index in [2.05, 4.69) is 22.9 Å². The molecule has 0 bridgehead atoms. The number of fused-ring (bicyclic) bond motifs is 2. The summed E-state index contributed by atoms with van der Waals surface area (Å²) >= 11 is 0. The highest BCUT2D eigenvalue weighted by atomic mass is 16.2. The Morgan fingerprint density at radius 1 is 1.14 bits per heavy atom. The standard InChI is InChI=1S/C18H20N2O/c1-12-14-9-5-6-10-16(14)19-17-15(12)11-20(18(17)21)13-7-3-2-4-8-13/h5-6,9-10,13H,2-4,7-8,11H2,1H3. The summed E-state index contributed by atoms with van der Waals surface area (Å²) in [5, 5.41) is 1.18. The average Bonchev–Trinajstić information content (AvgIpc) is 2.86. The molecule has 0 atom stereocenters. The van der Waals surface area contributed by atoms with Crippen LogP contribution in [-0.4, -0.2) is 21.8 Å². The minimum absolute atomic E-state index is 0.144. The number of benzene rings is 1. The number of nitrogens with zero attached hydrogens (tertiary/aromatic N) is 2. The molecule has 1 aliphatic carbocycles. The predicted octanol–water partition coefficient (Wildman–Crippen LogP) is 3.83. The van der Waals surface area contributed by atoms with Crippen LogP contribution < -0.4 is 0 Å². The van der Waals surface area contributed by atoms with Gasteiger partial charge in [-0.1, -0.05) is 37.5 Å². The fraction of sp³-hybridized carbons (Fsp3) is 0.444. The Morgan fingerprint density at radius 3 is 2.71 bits per heavy atom. The van der Waals surface area contributed by atoms with Gasteiger partial charge in [-0.2, -0.15) is 0 Å². The van der Waals surface area contributed by atoms with Crippen LogP contribution in [0.15, 0.2) is 24.3 Å². The molecular weight excluding hydrogens is 260 g/mol. The van der Waals surface area contributed by atoms with Crippen LogP contribution in [0.2, 0.25) is 0 Å². The Bertz CT molecular complexity index is 716. The quantitative estimate of drug-likeness (QED) is 0.795. The maximum absolute atomic E-state index is 12.8. The van der Waals surface area contributed by atoms with Crippen molar-refractivity contribution in [3.8, 4) is 0 Å². The van der Waals surface area contributed by atoms with Crippen molar-refractivity contribution in [1.82, 2.24) is 9.88 Å². The van der Waals surface area contributed by atoms with Crippen LogP contribution in [0.5, 0.6) is 0 Å². The summed E-state index contributed by atoms with van der Waals surface area (Å²) in [5.41, 5.74) is 4.00. The van der Waals surface area contributed by atoms with E-state index in [4.69, 9.17) is 0 Å². The zero-order chi connectivity index (χ0) is 14.4. The van der Waals surface area contributed by atoms with Gasteiger partial charge in [0.1, 0.15) is 5.69 Å². The average molecular weight is 280 g/mol. The second-order valence-corrected chi connectivity index (χ2v) is 6.31. The predicted molar refractivity (Wildman–Crippen MR) is 83.2 cm³/mol. The van der Waals surface area contributed by atoms with Crippen LogP contribution in [-0.2, 0) is 6.54 Å². The Kier molecular flexibility index (Phi) is 2.95. The van der Waals surface area contributed by atoms with Crippen molar-refractivity contribution in [2.45, 2.75) is 51.6 Å². The number of amides is 1. The molecule has 2 aromatic rings. The molecule has 1 saturated carbocycles. The van der Waals surface area contributed by atoms with Crippen molar-refractivity contribution in [1.29, 1.82) is 0 Å². The lowest BCUT2D eigenvalue weighted by Crippen LogP contribution is -2.37. The molecule has 1 fully saturated rings. The molecule has 3 nitrogen and oxygen atoms in total. The Hall–Kier alpha value is -1.90. The van der Waals surface area contributed by atoms with Crippen LogP contribution in [0.25, 0.3) is 10.9 Å². The van der Waals surface area contributed by atoms with Crippen molar-refractivity contribution in [2.24, 2.45) is 0 Å². The topological polar surface area (TPSA) is 33.2 Å². The van der Waals surface area contributed by atoms with Crippen LogP contribution in [0.4, 0.5) is 0 Å². The molecule has 21 heavy (non-hydrogen) atoms. The fourth-order valence-corrected chi connectivity index (χ4v) is 3.85. The van der Waals surface area contributed by atoms with E-state index in [0.29, 0.717) is 11.7 Å². The molecule has 108 valence electrons. The second kappa shape index (κ2) is 4.83. The molecule has 2 heterocycles. The molecule has 1 aromatic heterocycles. The zero-order valence-electron chi connectivity index (χ0n) is 12.4. The van der Waals surface area contributed by atoms with Gasteiger partial charge >= 0.3 is 0 Å². The van der Waals surface area contributed by atoms with Crippen molar-refractivity contribution in [3.05, 3.63) is 41.1 Å². The highest BCUT2D eigenvalue weighted by Gasteiger charge is 2.35. The van der Waals surface area contributed by atoms with Crippen molar-refractivity contribution < 1.29 is 4.79 Å². The highest BCUT2D eigenvalue weighted by molar-refractivity contribution is 6.00. The van der Waals surface area contributed by atoms with E-state index in [9.17, 15) is 4.79 Å². The van der Waals surface area contributed by atoms with Crippen LogP contribution >= 0.6 is 0 Å². The minimum Gasteiger partial charge on any atom is -0.330 e. The molecule has 0 saturated heterocycles. The van der Waals surface area contributed by atoms with Gasteiger partial charge in [0.25, 0.3) is 5.91 Å². The third-order valence-corrected chi connectivity index (χ3v) is 5.09. The molecule has 0 spiro atoms. The van der Waals surface area contributed by atoms with Crippen molar-refractivity contribution in [2.75, 3.05) is 0 Å². The maximum atomic E-state index is 12.8. The summed E-state index contributed by atoms with van der Waals surface area (Å²) < 4.78 is 0. The Morgan fingerprint density at radius 2 is 1.90 bits per heavy atom. The molecule has 1 aromatic carbocycles. The lowest BCUT2D eigenvalue weighted by atomic mass is 9.94. The molecule has 1 aliphatic heterocycles. The van der Waals surface area contributed by atoms with E-state index in [1.807, 2.05) is 18.2 Å². The molecule has 2 aliphatic rings. The van der Waals surface area contributed by atoms with Gasteiger partial charge in [-0.05, 0) is 31.4 Å². The third kappa shape index (κ3) is 1.95. The Labute approximate surface area is 125 Å². The number of para-hydroxylation sites is 1. The molecule has 0 radical (unpaired) electrons. The van der Waals surface area contributed by atoms with Crippen LogP contribution in [0.3, 0.4) is 0 Å². The first-order valence-corrected chi connectivity index (χ1v) is 7.95. The van der Waals surface area contributed by atoms with Crippen LogP contribution in [0.1, 0.15) is 53.7 Å². The molecule has 1 amide bonds. The van der Waals surface area contributed by atoms with Gasteiger partial charge in [0.05, 0.1) is 5.52 Å². The first-order valence-electron chi connectivity index (χ1n) is 7.95. The van der Waals surface area contributed by atoms with Gasteiger partial charge in [-0.25, -0.2) is 4.98 Å². The first kappa shape index (κ1) is 12.8. The largest absolute Gasteiger partial charge is 0.330 e. The molecule has 4 rings (SSSR count). The SMILES string of the molecule is Cc1c2c(nc3ccccc13)C(=O)N(C1CCCCC1)C2. The number of aryl methyl sites for hydroxylation is 1. The van der Waals surface area contributed by atoms with E-state index in [0.717, 1.165) is 30.5 Å². The fourth-order valence-electron chi connectivity index (χ4n) is 3.85. The number of rotatable bonds is 1. The van der Waals surface area contributed by atoms with E-state index in [-0.39, 0.29) is 5.91 Å². The number of aromatic nitrogens is 1. The minimum atomic E-state index is 0.144. The second-order valence-electron chi connectivity index (χ2n) is 6.31. The van der Waals surface area contributed by atoms with Crippen molar-refractivity contribution >= 4 is 16.8 Å². The molecular formula is C18H20N2O. The van der Waals surface area contributed by atoms with E-state index in [1.165, 1.54) is 30.2 Å². The first-order chi connectivity index (χ1) is 10.3. The summed E-state index contributed by atoms with van der Waals surface area (Å²) in [4.78, 5) is 19.5. The molecule has 3 heteroatoms. The summed E-state index contributed by atoms with van der Waals surface area (Å²) in [6.45, 7) is 2.88. The number of hydrogen-bond donors (Lipinski definition) is 0.